The molecule has 1 atom stereocenters. The van der Waals surface area contributed by atoms with Gasteiger partial charge in [-0.15, -0.1) is 10.2 Å². The Balaban J connectivity index is 1.66. The normalized spacial score (nSPS) is 11.8. The molecule has 0 radical (unpaired) electrons. The van der Waals surface area contributed by atoms with Gasteiger partial charge in [-0.05, 0) is 31.2 Å². The molecule has 0 spiro atoms. The first-order valence-corrected chi connectivity index (χ1v) is 9.16. The third-order valence-corrected chi connectivity index (χ3v) is 5.09. The number of carbonyl (C=O) groups is 2. The van der Waals surface area contributed by atoms with Crippen LogP contribution in [0.1, 0.15) is 17.3 Å². The van der Waals surface area contributed by atoms with Gasteiger partial charge in [0.2, 0.25) is 11.8 Å². The summed E-state index contributed by atoms with van der Waals surface area (Å²) in [6, 6.07) is 16.2. The van der Waals surface area contributed by atoms with E-state index in [0.29, 0.717) is 16.4 Å². The van der Waals surface area contributed by atoms with Crippen molar-refractivity contribution in [2.24, 2.45) is 12.8 Å². The molecule has 0 aliphatic heterocycles. The maximum absolute atomic E-state index is 12.4. The van der Waals surface area contributed by atoms with Crippen LogP contribution in [0.2, 0.25) is 0 Å². The molecule has 0 unspecified atom stereocenters. The van der Waals surface area contributed by atoms with Gasteiger partial charge >= 0.3 is 0 Å². The average molecular weight is 381 g/mol. The van der Waals surface area contributed by atoms with Crippen LogP contribution in [0.4, 0.5) is 5.69 Å². The molecule has 0 saturated heterocycles. The lowest BCUT2D eigenvalue weighted by atomic mass is 10.2. The lowest BCUT2D eigenvalue weighted by molar-refractivity contribution is -0.115. The van der Waals surface area contributed by atoms with Crippen molar-refractivity contribution in [1.29, 1.82) is 0 Å². The van der Waals surface area contributed by atoms with Crippen molar-refractivity contribution in [2.75, 3.05) is 5.32 Å². The summed E-state index contributed by atoms with van der Waals surface area (Å²) in [4.78, 5) is 23.5. The summed E-state index contributed by atoms with van der Waals surface area (Å²) in [6.45, 7) is 1.80. The molecule has 3 rings (SSSR count). The van der Waals surface area contributed by atoms with Crippen LogP contribution in [0.3, 0.4) is 0 Å². The molecule has 2 aromatic carbocycles. The van der Waals surface area contributed by atoms with Gasteiger partial charge in [0.05, 0.1) is 5.25 Å². The van der Waals surface area contributed by atoms with E-state index in [1.165, 1.54) is 11.8 Å². The lowest BCUT2D eigenvalue weighted by Gasteiger charge is -2.12. The molecule has 2 amide bonds. The number of carbonyl (C=O) groups excluding carboxylic acids is 2. The maximum atomic E-state index is 12.4. The number of anilines is 1. The SMILES string of the molecule is C[C@@H](Sc1nnc(-c2ccccc2)n1C)C(=O)Nc1ccc(C(N)=O)cc1. The standard InChI is InChI=1S/C19H19N5O2S/c1-12(18(26)21-15-10-8-13(9-11-15)16(20)25)27-19-23-22-17(24(19)2)14-6-4-3-5-7-14/h3-12H,1-2H3,(H2,20,25)(H,21,26)/t12-/m1/s1. The summed E-state index contributed by atoms with van der Waals surface area (Å²) in [5.74, 6) is 0.0668. The van der Waals surface area contributed by atoms with Gasteiger partial charge in [0, 0.05) is 23.9 Å². The second-order valence-electron chi connectivity index (χ2n) is 5.92. The van der Waals surface area contributed by atoms with Crippen LogP contribution in [0.5, 0.6) is 0 Å². The minimum Gasteiger partial charge on any atom is -0.366 e. The van der Waals surface area contributed by atoms with Gasteiger partial charge in [0.1, 0.15) is 0 Å². The zero-order chi connectivity index (χ0) is 19.4. The summed E-state index contributed by atoms with van der Waals surface area (Å²) < 4.78 is 1.87. The Labute approximate surface area is 161 Å². The molecule has 1 aromatic heterocycles. The monoisotopic (exact) mass is 381 g/mol. The van der Waals surface area contributed by atoms with E-state index in [1.54, 1.807) is 31.2 Å². The van der Waals surface area contributed by atoms with Crippen molar-refractivity contribution in [2.45, 2.75) is 17.3 Å². The second kappa shape index (κ2) is 8.05. The van der Waals surface area contributed by atoms with Crippen molar-refractivity contribution in [1.82, 2.24) is 14.8 Å². The van der Waals surface area contributed by atoms with E-state index in [4.69, 9.17) is 5.73 Å². The molecule has 8 heteroatoms. The van der Waals surface area contributed by atoms with Crippen LogP contribution >= 0.6 is 11.8 Å². The molecular formula is C19H19N5O2S. The zero-order valence-corrected chi connectivity index (χ0v) is 15.7. The fraction of sp³-hybridized carbons (Fsp3) is 0.158. The Morgan fingerprint density at radius 3 is 2.37 bits per heavy atom. The van der Waals surface area contributed by atoms with Gasteiger partial charge in [-0.1, -0.05) is 42.1 Å². The molecule has 0 fully saturated rings. The molecule has 0 bridgehead atoms. The molecule has 1 heterocycles. The smallest absolute Gasteiger partial charge is 0.248 e. The number of hydrogen-bond donors (Lipinski definition) is 2. The third kappa shape index (κ3) is 4.35. The van der Waals surface area contributed by atoms with Crippen molar-refractivity contribution in [3.63, 3.8) is 0 Å². The number of hydrogen-bond acceptors (Lipinski definition) is 5. The summed E-state index contributed by atoms with van der Waals surface area (Å²) in [6.07, 6.45) is 0. The minimum atomic E-state index is -0.506. The molecule has 7 nitrogen and oxygen atoms in total. The highest BCUT2D eigenvalue weighted by Crippen LogP contribution is 2.26. The molecule has 3 N–H and O–H groups in total. The van der Waals surface area contributed by atoms with Crippen molar-refractivity contribution in [3.8, 4) is 11.4 Å². The van der Waals surface area contributed by atoms with Gasteiger partial charge in [0.15, 0.2) is 11.0 Å². The molecular weight excluding hydrogens is 362 g/mol. The summed E-state index contributed by atoms with van der Waals surface area (Å²) >= 11 is 1.32. The maximum Gasteiger partial charge on any atom is 0.248 e. The Hall–Kier alpha value is -3.13. The highest BCUT2D eigenvalue weighted by molar-refractivity contribution is 8.00. The van der Waals surface area contributed by atoms with Crippen LogP contribution in [0.15, 0.2) is 59.8 Å². The Morgan fingerprint density at radius 1 is 1.07 bits per heavy atom. The summed E-state index contributed by atoms with van der Waals surface area (Å²) in [5, 5.41) is 11.5. The van der Waals surface area contributed by atoms with Crippen LogP contribution < -0.4 is 11.1 Å². The first-order chi connectivity index (χ1) is 13.0. The molecule has 0 aliphatic rings. The number of primary amides is 1. The Morgan fingerprint density at radius 2 is 1.74 bits per heavy atom. The molecule has 27 heavy (non-hydrogen) atoms. The number of benzene rings is 2. The quantitative estimate of drug-likeness (QED) is 0.639. The number of rotatable bonds is 6. The van der Waals surface area contributed by atoms with Crippen LogP contribution in [0.25, 0.3) is 11.4 Å². The fourth-order valence-electron chi connectivity index (χ4n) is 2.43. The highest BCUT2D eigenvalue weighted by atomic mass is 32.2. The highest BCUT2D eigenvalue weighted by Gasteiger charge is 2.19. The summed E-state index contributed by atoms with van der Waals surface area (Å²) in [7, 11) is 1.87. The predicted molar refractivity (Wildman–Crippen MR) is 105 cm³/mol. The number of nitrogens with zero attached hydrogens (tertiary/aromatic N) is 3. The van der Waals surface area contributed by atoms with Gasteiger partial charge in [0.25, 0.3) is 0 Å². The van der Waals surface area contributed by atoms with Gasteiger partial charge < -0.3 is 15.6 Å². The topological polar surface area (TPSA) is 103 Å². The first-order valence-electron chi connectivity index (χ1n) is 8.28. The third-order valence-electron chi connectivity index (χ3n) is 3.96. The van der Waals surface area contributed by atoms with Crippen molar-refractivity contribution >= 4 is 29.3 Å². The van der Waals surface area contributed by atoms with Gasteiger partial charge in [-0.2, -0.15) is 0 Å². The number of nitrogens with one attached hydrogen (secondary N) is 1. The van der Waals surface area contributed by atoms with E-state index in [-0.39, 0.29) is 11.2 Å². The van der Waals surface area contributed by atoms with Crippen LogP contribution in [0, 0.1) is 0 Å². The predicted octanol–water partition coefficient (Wildman–Crippen LogP) is 2.70. The van der Waals surface area contributed by atoms with Gasteiger partial charge in [-0.3, -0.25) is 9.59 Å². The molecule has 138 valence electrons. The van der Waals surface area contributed by atoms with Crippen molar-refractivity contribution < 1.29 is 9.59 Å². The second-order valence-corrected chi connectivity index (χ2v) is 7.23. The molecule has 0 aliphatic carbocycles. The van der Waals surface area contributed by atoms with E-state index >= 15 is 0 Å². The van der Waals surface area contributed by atoms with E-state index in [0.717, 1.165) is 11.4 Å². The summed E-state index contributed by atoms with van der Waals surface area (Å²) in [5.41, 5.74) is 7.17. The largest absolute Gasteiger partial charge is 0.366 e. The average Bonchev–Trinajstić information content (AvgIpc) is 3.03. The van der Waals surface area contributed by atoms with Crippen molar-refractivity contribution in [3.05, 3.63) is 60.2 Å². The lowest BCUT2D eigenvalue weighted by Crippen LogP contribution is -2.23. The Bertz CT molecular complexity index is 954. The number of thioether (sulfide) groups is 1. The van der Waals surface area contributed by atoms with Crippen LogP contribution in [-0.4, -0.2) is 31.8 Å². The number of aromatic nitrogens is 3. The van der Waals surface area contributed by atoms with E-state index in [2.05, 4.69) is 15.5 Å². The van der Waals surface area contributed by atoms with Gasteiger partial charge in [-0.25, -0.2) is 0 Å². The fourth-order valence-corrected chi connectivity index (χ4v) is 3.24. The molecule has 0 saturated carbocycles. The number of amides is 2. The van der Waals surface area contributed by atoms with Crippen LogP contribution in [-0.2, 0) is 11.8 Å². The van der Waals surface area contributed by atoms with E-state index < -0.39 is 5.91 Å². The number of nitrogens with two attached hydrogens (primary N) is 1. The minimum absolute atomic E-state index is 0.170. The Kier molecular flexibility index (Phi) is 5.56. The first kappa shape index (κ1) is 18.7. The van der Waals surface area contributed by atoms with E-state index in [1.807, 2.05) is 41.9 Å². The van der Waals surface area contributed by atoms with E-state index in [9.17, 15) is 9.59 Å². The zero-order valence-electron chi connectivity index (χ0n) is 14.9. The molecule has 3 aromatic rings.